The van der Waals surface area contributed by atoms with Crippen LogP contribution in [0.1, 0.15) is 59.3 Å². The Hall–Kier alpha value is 0. The van der Waals surface area contributed by atoms with Crippen LogP contribution in [-0.4, -0.2) is 0 Å². The van der Waals surface area contributed by atoms with Crippen LogP contribution < -0.4 is 0 Å². The molecule has 2 saturated carbocycles. The summed E-state index contributed by atoms with van der Waals surface area (Å²) in [5, 5.41) is 0. The second kappa shape index (κ2) is 3.29. The normalized spacial score (nSPS) is 39.0. The van der Waals surface area contributed by atoms with Gasteiger partial charge < -0.3 is 0 Å². The molecule has 3 unspecified atom stereocenters. The molecule has 0 N–H and O–H groups in total. The van der Waals surface area contributed by atoms with Crippen molar-refractivity contribution in [3.8, 4) is 0 Å². The van der Waals surface area contributed by atoms with E-state index in [4.69, 9.17) is 0 Å². The third kappa shape index (κ3) is 1.78. The summed E-state index contributed by atoms with van der Waals surface area (Å²) in [6.07, 6.45) is 9.02. The molecule has 13 heavy (non-hydrogen) atoms. The quantitative estimate of drug-likeness (QED) is 0.609. The van der Waals surface area contributed by atoms with Gasteiger partial charge in [0.25, 0.3) is 0 Å². The first-order chi connectivity index (χ1) is 6.15. The topological polar surface area (TPSA) is 0 Å². The zero-order chi connectivity index (χ0) is 9.47. The minimum Gasteiger partial charge on any atom is -0.0651 e. The highest BCUT2D eigenvalue weighted by atomic mass is 14.5. The van der Waals surface area contributed by atoms with E-state index >= 15 is 0 Å². The molecule has 2 rings (SSSR count). The molecule has 2 fully saturated rings. The van der Waals surface area contributed by atoms with Crippen molar-refractivity contribution in [3.05, 3.63) is 0 Å². The molecule has 0 aromatic carbocycles. The highest BCUT2D eigenvalue weighted by Gasteiger charge is 2.47. The van der Waals surface area contributed by atoms with Crippen LogP contribution in [-0.2, 0) is 0 Å². The molecule has 0 saturated heterocycles. The van der Waals surface area contributed by atoms with Gasteiger partial charge in [-0.15, -0.1) is 0 Å². The van der Waals surface area contributed by atoms with E-state index in [-0.39, 0.29) is 0 Å². The Kier molecular flexibility index (Phi) is 2.42. The highest BCUT2D eigenvalue weighted by Crippen LogP contribution is 2.58. The van der Waals surface area contributed by atoms with Crippen LogP contribution in [0.3, 0.4) is 0 Å². The molecule has 0 aromatic rings. The van der Waals surface area contributed by atoms with Crippen LogP contribution in [0.25, 0.3) is 0 Å². The summed E-state index contributed by atoms with van der Waals surface area (Å²) in [6, 6.07) is 0. The van der Waals surface area contributed by atoms with Crippen molar-refractivity contribution in [2.45, 2.75) is 59.3 Å². The fraction of sp³-hybridized carbons (Fsp3) is 1.00. The van der Waals surface area contributed by atoms with Crippen molar-refractivity contribution < 1.29 is 0 Å². The van der Waals surface area contributed by atoms with Gasteiger partial charge in [-0.1, -0.05) is 27.2 Å². The number of hydrogen-bond donors (Lipinski definition) is 0. The molecule has 0 spiro atoms. The monoisotopic (exact) mass is 180 g/mol. The van der Waals surface area contributed by atoms with Crippen molar-refractivity contribution in [3.63, 3.8) is 0 Å². The van der Waals surface area contributed by atoms with Crippen LogP contribution in [0.4, 0.5) is 0 Å². The fourth-order valence-corrected chi connectivity index (χ4v) is 3.10. The molecule has 0 amide bonds. The van der Waals surface area contributed by atoms with Crippen molar-refractivity contribution in [1.29, 1.82) is 0 Å². The molecule has 3 atom stereocenters. The summed E-state index contributed by atoms with van der Waals surface area (Å²) in [6.45, 7) is 7.30. The Labute approximate surface area is 83.1 Å². The molecule has 0 heteroatoms. The summed E-state index contributed by atoms with van der Waals surface area (Å²) >= 11 is 0. The molecule has 0 aromatic heterocycles. The Balaban J connectivity index is 1.87. The molecule has 76 valence electrons. The minimum atomic E-state index is 0.794. The molecular weight excluding hydrogens is 156 g/mol. The predicted octanol–water partition coefficient (Wildman–Crippen LogP) is 4.25. The Morgan fingerprint density at radius 2 is 2.00 bits per heavy atom. The standard InChI is InChI=1S/C13H24/c1-4-10(2)11-5-6-12(9-11)13(3)7-8-13/h10-12H,4-9H2,1-3H3. The van der Waals surface area contributed by atoms with Gasteiger partial charge in [0.2, 0.25) is 0 Å². The van der Waals surface area contributed by atoms with Gasteiger partial charge in [-0.3, -0.25) is 0 Å². The second-order valence-electron chi connectivity index (χ2n) is 5.81. The van der Waals surface area contributed by atoms with Crippen LogP contribution in [0.15, 0.2) is 0 Å². The van der Waals surface area contributed by atoms with Crippen molar-refractivity contribution in [2.75, 3.05) is 0 Å². The summed E-state index contributed by atoms with van der Waals surface area (Å²) in [7, 11) is 0. The molecule has 2 aliphatic rings. The maximum Gasteiger partial charge on any atom is -0.0297 e. The largest absolute Gasteiger partial charge is 0.0651 e. The smallest absolute Gasteiger partial charge is 0.0297 e. The molecule has 2 aliphatic carbocycles. The van der Waals surface area contributed by atoms with Gasteiger partial charge in [0.1, 0.15) is 0 Å². The minimum absolute atomic E-state index is 0.794. The fourth-order valence-electron chi connectivity index (χ4n) is 3.10. The van der Waals surface area contributed by atoms with Gasteiger partial charge in [-0.05, 0) is 55.3 Å². The van der Waals surface area contributed by atoms with Crippen molar-refractivity contribution >= 4 is 0 Å². The first-order valence-electron chi connectivity index (χ1n) is 6.15. The lowest BCUT2D eigenvalue weighted by molar-refractivity contribution is 0.296. The third-order valence-electron chi connectivity index (χ3n) is 4.95. The average Bonchev–Trinajstić information content (AvgIpc) is 2.72. The van der Waals surface area contributed by atoms with Crippen molar-refractivity contribution in [2.24, 2.45) is 23.2 Å². The van der Waals surface area contributed by atoms with Crippen LogP contribution in [0.2, 0.25) is 0 Å². The van der Waals surface area contributed by atoms with Gasteiger partial charge >= 0.3 is 0 Å². The van der Waals surface area contributed by atoms with Crippen molar-refractivity contribution in [1.82, 2.24) is 0 Å². The van der Waals surface area contributed by atoms with E-state index in [1.165, 1.54) is 32.1 Å². The summed E-state index contributed by atoms with van der Waals surface area (Å²) in [4.78, 5) is 0. The Morgan fingerprint density at radius 3 is 2.54 bits per heavy atom. The number of rotatable bonds is 3. The van der Waals surface area contributed by atoms with Gasteiger partial charge in [0.05, 0.1) is 0 Å². The first-order valence-corrected chi connectivity index (χ1v) is 6.15. The van der Waals surface area contributed by atoms with E-state index in [2.05, 4.69) is 20.8 Å². The van der Waals surface area contributed by atoms with Gasteiger partial charge in [-0.2, -0.15) is 0 Å². The lowest BCUT2D eigenvalue weighted by Gasteiger charge is -2.20. The molecule has 0 bridgehead atoms. The Morgan fingerprint density at radius 1 is 1.31 bits per heavy atom. The molecule has 0 heterocycles. The highest BCUT2D eigenvalue weighted by molar-refractivity contribution is 4.98. The van der Waals surface area contributed by atoms with Gasteiger partial charge in [-0.25, -0.2) is 0 Å². The Bertz CT molecular complexity index is 178. The predicted molar refractivity (Wildman–Crippen MR) is 57.6 cm³/mol. The zero-order valence-electron chi connectivity index (χ0n) is 9.47. The van der Waals surface area contributed by atoms with Crippen LogP contribution in [0, 0.1) is 23.2 Å². The average molecular weight is 180 g/mol. The van der Waals surface area contributed by atoms with Crippen LogP contribution >= 0.6 is 0 Å². The second-order valence-corrected chi connectivity index (χ2v) is 5.81. The zero-order valence-corrected chi connectivity index (χ0v) is 9.47. The summed E-state index contributed by atoms with van der Waals surface area (Å²) < 4.78 is 0. The SMILES string of the molecule is CCC(C)C1CCC(C2(C)CC2)C1. The lowest BCUT2D eigenvalue weighted by atomic mass is 9.85. The van der Waals surface area contributed by atoms with Crippen LogP contribution in [0.5, 0.6) is 0 Å². The third-order valence-corrected chi connectivity index (χ3v) is 4.95. The van der Waals surface area contributed by atoms with E-state index < -0.39 is 0 Å². The van der Waals surface area contributed by atoms with E-state index in [1.807, 2.05) is 0 Å². The summed E-state index contributed by atoms with van der Waals surface area (Å²) in [5.74, 6) is 3.13. The van der Waals surface area contributed by atoms with E-state index in [0.717, 1.165) is 23.2 Å². The lowest BCUT2D eigenvalue weighted by Crippen LogP contribution is -2.11. The van der Waals surface area contributed by atoms with Gasteiger partial charge in [0.15, 0.2) is 0 Å². The number of hydrogen-bond acceptors (Lipinski definition) is 0. The first kappa shape index (κ1) is 9.55. The van der Waals surface area contributed by atoms with E-state index in [1.54, 1.807) is 6.42 Å². The maximum atomic E-state index is 2.51. The van der Waals surface area contributed by atoms with E-state index in [9.17, 15) is 0 Å². The molecular formula is C13H24. The van der Waals surface area contributed by atoms with Gasteiger partial charge in [0, 0.05) is 0 Å². The maximum absolute atomic E-state index is 2.51. The van der Waals surface area contributed by atoms with E-state index in [0.29, 0.717) is 0 Å². The molecule has 0 nitrogen and oxygen atoms in total. The summed E-state index contributed by atoms with van der Waals surface area (Å²) in [5.41, 5.74) is 0.794. The molecule has 0 radical (unpaired) electrons. The molecule has 0 aliphatic heterocycles.